The molecule has 0 heterocycles. The maximum atomic E-state index is 11.4. The van der Waals surface area contributed by atoms with Gasteiger partial charge < -0.3 is 15.8 Å². The highest BCUT2D eigenvalue weighted by Crippen LogP contribution is 2.23. The summed E-state index contributed by atoms with van der Waals surface area (Å²) in [5.74, 6) is -2.85. The molecule has 0 aliphatic rings. The second kappa shape index (κ2) is 6.02. The number of esters is 1. The second-order valence-corrected chi connectivity index (χ2v) is 3.61. The Bertz CT molecular complexity index is 502. The molecule has 1 aromatic rings. The van der Waals surface area contributed by atoms with Gasteiger partial charge in [0.1, 0.15) is 0 Å². The highest BCUT2D eigenvalue weighted by Gasteiger charge is 2.19. The van der Waals surface area contributed by atoms with Gasteiger partial charge in [0, 0.05) is 0 Å². The number of primary amides is 1. The third-order valence-corrected chi connectivity index (χ3v) is 2.28. The predicted octanol–water partition coefficient (Wildman–Crippen LogP) is 0.941. The minimum Gasteiger partial charge on any atom is -0.459 e. The summed E-state index contributed by atoms with van der Waals surface area (Å²) in [6.45, 7) is 1.64. The molecule has 0 aliphatic heterocycles. The number of amides is 2. The van der Waals surface area contributed by atoms with Gasteiger partial charge in [0.05, 0.1) is 22.9 Å². The molecule has 0 unspecified atom stereocenters. The Hall–Kier alpha value is -2.08. The number of benzene rings is 1. The van der Waals surface area contributed by atoms with Crippen molar-refractivity contribution in [1.82, 2.24) is 0 Å². The number of rotatable bonds is 3. The van der Waals surface area contributed by atoms with Crippen LogP contribution in [-0.4, -0.2) is 24.4 Å². The first-order chi connectivity index (χ1) is 8.47. The van der Waals surface area contributed by atoms with E-state index in [0.29, 0.717) is 0 Å². The number of hydrogen-bond donors (Lipinski definition) is 2. The fraction of sp³-hybridized carbons (Fsp3) is 0.182. The fourth-order valence-corrected chi connectivity index (χ4v) is 1.52. The number of hydrogen-bond acceptors (Lipinski definition) is 4. The van der Waals surface area contributed by atoms with Crippen LogP contribution in [0.3, 0.4) is 0 Å². The molecule has 0 aliphatic carbocycles. The van der Waals surface area contributed by atoms with E-state index < -0.39 is 17.8 Å². The van der Waals surface area contributed by atoms with Crippen LogP contribution in [0.25, 0.3) is 0 Å². The average Bonchev–Trinajstić information content (AvgIpc) is 2.28. The van der Waals surface area contributed by atoms with Crippen LogP contribution in [0.2, 0.25) is 5.02 Å². The van der Waals surface area contributed by atoms with Gasteiger partial charge in [-0.2, -0.15) is 0 Å². The van der Waals surface area contributed by atoms with Gasteiger partial charge in [-0.25, -0.2) is 4.79 Å². The Balaban J connectivity index is 2.98. The molecule has 0 fully saturated rings. The van der Waals surface area contributed by atoms with Crippen molar-refractivity contribution < 1.29 is 19.1 Å². The van der Waals surface area contributed by atoms with Crippen molar-refractivity contribution in [2.45, 2.75) is 6.92 Å². The zero-order chi connectivity index (χ0) is 13.7. The van der Waals surface area contributed by atoms with Crippen LogP contribution in [0, 0.1) is 0 Å². The number of anilines is 1. The Morgan fingerprint density at radius 1 is 1.39 bits per heavy atom. The smallest absolute Gasteiger partial charge is 0.397 e. The van der Waals surface area contributed by atoms with Gasteiger partial charge in [-0.3, -0.25) is 9.59 Å². The van der Waals surface area contributed by atoms with Crippen LogP contribution >= 0.6 is 11.6 Å². The predicted molar refractivity (Wildman–Crippen MR) is 65.2 cm³/mol. The quantitative estimate of drug-likeness (QED) is 0.631. The highest BCUT2D eigenvalue weighted by atomic mass is 35.5. The first kappa shape index (κ1) is 14.0. The lowest BCUT2D eigenvalue weighted by molar-refractivity contribution is -0.152. The minimum absolute atomic E-state index is 0.0585. The van der Waals surface area contributed by atoms with Gasteiger partial charge in [-0.15, -0.1) is 0 Å². The molecule has 0 radical (unpaired) electrons. The van der Waals surface area contributed by atoms with E-state index in [0.717, 1.165) is 0 Å². The lowest BCUT2D eigenvalue weighted by atomic mass is 10.1. The third-order valence-electron chi connectivity index (χ3n) is 1.97. The normalized spacial score (nSPS) is 9.67. The van der Waals surface area contributed by atoms with Gasteiger partial charge in [-0.1, -0.05) is 17.7 Å². The van der Waals surface area contributed by atoms with Crippen molar-refractivity contribution in [3.63, 3.8) is 0 Å². The number of halogens is 1. The molecule has 3 N–H and O–H groups in total. The van der Waals surface area contributed by atoms with Crippen LogP contribution in [0.5, 0.6) is 0 Å². The van der Waals surface area contributed by atoms with Gasteiger partial charge in [0.25, 0.3) is 5.91 Å². The van der Waals surface area contributed by atoms with Crippen molar-refractivity contribution in [1.29, 1.82) is 0 Å². The summed E-state index contributed by atoms with van der Waals surface area (Å²) in [4.78, 5) is 33.7. The second-order valence-electron chi connectivity index (χ2n) is 3.20. The molecule has 0 saturated heterocycles. The number of carbonyl (C=O) groups excluding carboxylic acids is 3. The molecule has 1 aromatic carbocycles. The molecule has 7 heteroatoms. The van der Waals surface area contributed by atoms with E-state index in [2.05, 4.69) is 10.1 Å². The molecule has 2 amide bonds. The zero-order valence-corrected chi connectivity index (χ0v) is 10.3. The minimum atomic E-state index is -1.05. The van der Waals surface area contributed by atoms with E-state index in [1.54, 1.807) is 6.92 Å². The highest BCUT2D eigenvalue weighted by molar-refractivity contribution is 6.39. The molecular weight excluding hydrogens is 260 g/mol. The summed E-state index contributed by atoms with van der Waals surface area (Å²) in [6, 6.07) is 4.36. The van der Waals surface area contributed by atoms with Crippen LogP contribution in [-0.2, 0) is 14.3 Å². The van der Waals surface area contributed by atoms with Gasteiger partial charge in [0.15, 0.2) is 0 Å². The lowest BCUT2D eigenvalue weighted by Gasteiger charge is -2.09. The van der Waals surface area contributed by atoms with Crippen molar-refractivity contribution in [3.05, 3.63) is 28.8 Å². The fourth-order valence-electron chi connectivity index (χ4n) is 1.25. The van der Waals surface area contributed by atoms with Crippen molar-refractivity contribution in [3.8, 4) is 0 Å². The van der Waals surface area contributed by atoms with Crippen LogP contribution in [0.4, 0.5) is 5.69 Å². The molecule has 96 valence electrons. The Labute approximate surface area is 108 Å². The number of carbonyl (C=O) groups is 3. The molecule has 1 rings (SSSR count). The molecule has 0 bridgehead atoms. The first-order valence-corrected chi connectivity index (χ1v) is 5.41. The summed E-state index contributed by atoms with van der Waals surface area (Å²) in [7, 11) is 0. The Morgan fingerprint density at radius 2 is 2.06 bits per heavy atom. The molecular formula is C11H11ClN2O4. The topological polar surface area (TPSA) is 98.5 Å². The molecule has 18 heavy (non-hydrogen) atoms. The summed E-state index contributed by atoms with van der Waals surface area (Å²) in [6.07, 6.45) is 0. The summed E-state index contributed by atoms with van der Waals surface area (Å²) in [5.41, 5.74) is 5.14. The van der Waals surface area contributed by atoms with E-state index in [1.165, 1.54) is 18.2 Å². The van der Waals surface area contributed by atoms with Crippen molar-refractivity contribution in [2.24, 2.45) is 5.73 Å². The molecule has 0 saturated carbocycles. The zero-order valence-electron chi connectivity index (χ0n) is 9.53. The molecule has 0 spiro atoms. The van der Waals surface area contributed by atoms with Crippen molar-refractivity contribution in [2.75, 3.05) is 11.9 Å². The van der Waals surface area contributed by atoms with E-state index >= 15 is 0 Å². The standard InChI is InChI=1S/C11H11ClN2O4/c1-2-18-11(17)10(16)14-7-5-3-4-6(12)8(7)9(13)15/h3-5H,2H2,1H3,(H2,13,15)(H,14,16). The van der Waals surface area contributed by atoms with Crippen molar-refractivity contribution >= 4 is 35.1 Å². The van der Waals surface area contributed by atoms with E-state index in [-0.39, 0.29) is 22.9 Å². The lowest BCUT2D eigenvalue weighted by Crippen LogP contribution is -2.26. The van der Waals surface area contributed by atoms with Gasteiger partial charge in [0.2, 0.25) is 0 Å². The molecule has 0 atom stereocenters. The summed E-state index contributed by atoms with van der Waals surface area (Å²) < 4.78 is 4.51. The number of nitrogens with two attached hydrogens (primary N) is 1. The SMILES string of the molecule is CCOC(=O)C(=O)Nc1cccc(Cl)c1C(N)=O. The largest absolute Gasteiger partial charge is 0.459 e. The summed E-state index contributed by atoms with van der Waals surface area (Å²) >= 11 is 5.78. The Kier molecular flexibility index (Phi) is 4.67. The molecule has 0 aromatic heterocycles. The number of nitrogens with one attached hydrogen (secondary N) is 1. The summed E-state index contributed by atoms with van der Waals surface area (Å²) in [5, 5.41) is 2.31. The van der Waals surface area contributed by atoms with Crippen LogP contribution < -0.4 is 11.1 Å². The first-order valence-electron chi connectivity index (χ1n) is 5.03. The number of ether oxygens (including phenoxy) is 1. The van der Waals surface area contributed by atoms with Gasteiger partial charge in [-0.05, 0) is 19.1 Å². The average molecular weight is 271 g/mol. The van der Waals surface area contributed by atoms with E-state index in [1.807, 2.05) is 0 Å². The third kappa shape index (κ3) is 3.21. The van der Waals surface area contributed by atoms with Crippen LogP contribution in [0.15, 0.2) is 18.2 Å². The van der Waals surface area contributed by atoms with Gasteiger partial charge >= 0.3 is 11.9 Å². The van der Waals surface area contributed by atoms with E-state index in [4.69, 9.17) is 17.3 Å². The maximum absolute atomic E-state index is 11.4. The van der Waals surface area contributed by atoms with Crippen LogP contribution in [0.1, 0.15) is 17.3 Å². The maximum Gasteiger partial charge on any atom is 0.397 e. The Morgan fingerprint density at radius 3 is 2.61 bits per heavy atom. The monoisotopic (exact) mass is 270 g/mol. The van der Waals surface area contributed by atoms with E-state index in [9.17, 15) is 14.4 Å². The molecule has 6 nitrogen and oxygen atoms in total.